The van der Waals surface area contributed by atoms with Crippen molar-refractivity contribution in [1.29, 1.82) is 0 Å². The summed E-state index contributed by atoms with van der Waals surface area (Å²) in [4.78, 5) is 25.6. The lowest BCUT2D eigenvalue weighted by atomic mass is 9.96. The first-order chi connectivity index (χ1) is 14.9. The predicted molar refractivity (Wildman–Crippen MR) is 114 cm³/mol. The Hall–Kier alpha value is -2.20. The van der Waals surface area contributed by atoms with Crippen LogP contribution in [0.25, 0.3) is 0 Å². The molecule has 1 aliphatic carbocycles. The maximum atomic E-state index is 13.9. The molecule has 1 aromatic carbocycles. The van der Waals surface area contributed by atoms with Crippen LogP contribution in [0.15, 0.2) is 29.2 Å². The normalized spacial score (nSPS) is 18.5. The van der Waals surface area contributed by atoms with Gasteiger partial charge in [-0.2, -0.15) is 4.31 Å². The third kappa shape index (κ3) is 6.39. The molecule has 31 heavy (non-hydrogen) atoms. The molecule has 2 aliphatic rings. The molecule has 2 N–H and O–H groups in total. The lowest BCUT2D eigenvalue weighted by Crippen LogP contribution is -2.50. The third-order valence-electron chi connectivity index (χ3n) is 5.84. The van der Waals surface area contributed by atoms with E-state index in [2.05, 4.69) is 10.6 Å². The molecule has 8 nitrogen and oxygen atoms in total. The first-order valence-electron chi connectivity index (χ1n) is 10.9. The Labute approximate surface area is 183 Å². The number of piperazine rings is 1. The molecule has 3 rings (SSSR count). The van der Waals surface area contributed by atoms with E-state index in [1.807, 2.05) is 0 Å². The van der Waals surface area contributed by atoms with Crippen LogP contribution in [0, 0.1) is 5.82 Å². The summed E-state index contributed by atoms with van der Waals surface area (Å²) in [5, 5.41) is 5.77. The smallest absolute Gasteiger partial charge is 0.315 e. The minimum atomic E-state index is -3.92. The molecule has 172 valence electrons. The quantitative estimate of drug-likeness (QED) is 0.616. The highest BCUT2D eigenvalue weighted by atomic mass is 32.2. The Bertz CT molecular complexity index is 866. The molecule has 1 saturated heterocycles. The molecule has 1 saturated carbocycles. The van der Waals surface area contributed by atoms with Crippen molar-refractivity contribution < 1.29 is 22.4 Å². The number of rotatable bonds is 7. The van der Waals surface area contributed by atoms with Crippen LogP contribution in [0.4, 0.5) is 9.18 Å². The topological polar surface area (TPSA) is 98.8 Å². The van der Waals surface area contributed by atoms with Crippen LogP contribution in [0.2, 0.25) is 0 Å². The van der Waals surface area contributed by atoms with E-state index in [4.69, 9.17) is 0 Å². The van der Waals surface area contributed by atoms with Crippen molar-refractivity contribution in [2.45, 2.75) is 55.9 Å². The Balaban J connectivity index is 1.36. The summed E-state index contributed by atoms with van der Waals surface area (Å²) in [6, 6.07) is 5.35. The average molecular weight is 455 g/mol. The molecular formula is C21H31FN4O4S. The number of sulfonamides is 1. The number of nitrogens with zero attached hydrogens (tertiary/aromatic N) is 2. The van der Waals surface area contributed by atoms with Gasteiger partial charge in [-0.15, -0.1) is 0 Å². The second-order valence-electron chi connectivity index (χ2n) is 8.05. The Morgan fingerprint density at radius 2 is 1.71 bits per heavy atom. The van der Waals surface area contributed by atoms with Gasteiger partial charge in [0.2, 0.25) is 15.9 Å². The predicted octanol–water partition coefficient (Wildman–Crippen LogP) is 2.07. The number of amides is 3. The van der Waals surface area contributed by atoms with Gasteiger partial charge >= 0.3 is 6.03 Å². The molecule has 0 aromatic heterocycles. The third-order valence-corrected chi connectivity index (χ3v) is 7.77. The summed E-state index contributed by atoms with van der Waals surface area (Å²) in [6.07, 6.45) is 6.36. The van der Waals surface area contributed by atoms with E-state index in [0.29, 0.717) is 13.0 Å². The molecule has 2 fully saturated rings. The molecule has 1 aliphatic heterocycles. The standard InChI is InChI=1S/C21H31FN4O4S/c22-18-9-4-5-10-19(18)31(29,30)26-15-13-25(14-16-26)20(27)11-6-12-23-21(28)24-17-7-2-1-3-8-17/h4-5,9-10,17H,1-3,6-8,11-16H2,(H2,23,24,28). The van der Waals surface area contributed by atoms with Crippen molar-refractivity contribution in [2.75, 3.05) is 32.7 Å². The highest BCUT2D eigenvalue weighted by molar-refractivity contribution is 7.89. The van der Waals surface area contributed by atoms with Gasteiger partial charge in [0, 0.05) is 45.2 Å². The maximum absolute atomic E-state index is 13.9. The zero-order chi connectivity index (χ0) is 22.3. The summed E-state index contributed by atoms with van der Waals surface area (Å²) in [7, 11) is -3.92. The second-order valence-corrected chi connectivity index (χ2v) is 9.96. The average Bonchev–Trinajstić information content (AvgIpc) is 2.77. The summed E-state index contributed by atoms with van der Waals surface area (Å²) in [5.41, 5.74) is 0. The summed E-state index contributed by atoms with van der Waals surface area (Å²) >= 11 is 0. The van der Waals surface area contributed by atoms with Crippen LogP contribution in [-0.4, -0.2) is 68.3 Å². The highest BCUT2D eigenvalue weighted by Gasteiger charge is 2.31. The van der Waals surface area contributed by atoms with Crippen molar-refractivity contribution in [2.24, 2.45) is 0 Å². The van der Waals surface area contributed by atoms with Crippen LogP contribution in [-0.2, 0) is 14.8 Å². The van der Waals surface area contributed by atoms with Gasteiger partial charge in [0.05, 0.1) is 0 Å². The maximum Gasteiger partial charge on any atom is 0.315 e. The fourth-order valence-corrected chi connectivity index (χ4v) is 5.54. The van der Waals surface area contributed by atoms with Gasteiger partial charge in [-0.3, -0.25) is 4.79 Å². The number of urea groups is 1. The minimum Gasteiger partial charge on any atom is -0.340 e. The fourth-order valence-electron chi connectivity index (χ4n) is 4.05. The molecule has 0 unspecified atom stereocenters. The van der Waals surface area contributed by atoms with E-state index in [-0.39, 0.29) is 55.5 Å². The first kappa shape index (κ1) is 23.5. The van der Waals surface area contributed by atoms with Crippen LogP contribution in [0.1, 0.15) is 44.9 Å². The van der Waals surface area contributed by atoms with Gasteiger partial charge in [-0.25, -0.2) is 17.6 Å². The van der Waals surface area contributed by atoms with E-state index in [1.165, 1.54) is 28.9 Å². The lowest BCUT2D eigenvalue weighted by molar-refractivity contribution is -0.132. The number of carbonyl (C=O) groups is 2. The number of hydrogen-bond acceptors (Lipinski definition) is 4. The zero-order valence-corrected chi connectivity index (χ0v) is 18.5. The molecule has 0 spiro atoms. The number of carbonyl (C=O) groups excluding carboxylic acids is 2. The SMILES string of the molecule is O=C(NCCCC(=O)N1CCN(S(=O)(=O)c2ccccc2F)CC1)NC1CCCCC1. The van der Waals surface area contributed by atoms with Gasteiger partial charge in [0.15, 0.2) is 0 Å². The number of benzene rings is 1. The second kappa shape index (κ2) is 10.9. The van der Waals surface area contributed by atoms with Gasteiger partial charge < -0.3 is 15.5 Å². The number of nitrogens with one attached hydrogen (secondary N) is 2. The van der Waals surface area contributed by atoms with E-state index < -0.39 is 15.8 Å². The fraction of sp³-hybridized carbons (Fsp3) is 0.619. The van der Waals surface area contributed by atoms with Crippen LogP contribution >= 0.6 is 0 Å². The van der Waals surface area contributed by atoms with Gasteiger partial charge in [-0.05, 0) is 31.4 Å². The molecule has 10 heteroatoms. The molecule has 0 atom stereocenters. The molecule has 0 bridgehead atoms. The van der Waals surface area contributed by atoms with E-state index in [9.17, 15) is 22.4 Å². The molecular weight excluding hydrogens is 423 g/mol. The van der Waals surface area contributed by atoms with Crippen molar-refractivity contribution in [1.82, 2.24) is 19.8 Å². The van der Waals surface area contributed by atoms with Crippen molar-refractivity contribution in [3.8, 4) is 0 Å². The van der Waals surface area contributed by atoms with Crippen molar-refractivity contribution >= 4 is 22.0 Å². The van der Waals surface area contributed by atoms with Gasteiger partial charge in [-0.1, -0.05) is 31.4 Å². The minimum absolute atomic E-state index is 0.0718. The Morgan fingerprint density at radius 1 is 1.03 bits per heavy atom. The molecule has 1 heterocycles. The van der Waals surface area contributed by atoms with E-state index >= 15 is 0 Å². The summed E-state index contributed by atoms with van der Waals surface area (Å²) in [6.45, 7) is 1.20. The van der Waals surface area contributed by atoms with Gasteiger partial charge in [0.25, 0.3) is 0 Å². The monoisotopic (exact) mass is 454 g/mol. The van der Waals surface area contributed by atoms with Crippen molar-refractivity contribution in [3.05, 3.63) is 30.1 Å². The zero-order valence-electron chi connectivity index (χ0n) is 17.7. The highest BCUT2D eigenvalue weighted by Crippen LogP contribution is 2.20. The number of hydrogen-bond donors (Lipinski definition) is 2. The molecule has 0 radical (unpaired) electrons. The molecule has 3 amide bonds. The van der Waals surface area contributed by atoms with Gasteiger partial charge in [0.1, 0.15) is 10.7 Å². The number of halogens is 1. The summed E-state index contributed by atoms with van der Waals surface area (Å²) in [5.74, 6) is -0.849. The van der Waals surface area contributed by atoms with E-state index in [1.54, 1.807) is 4.90 Å². The lowest BCUT2D eigenvalue weighted by Gasteiger charge is -2.34. The van der Waals surface area contributed by atoms with Crippen molar-refractivity contribution in [3.63, 3.8) is 0 Å². The van der Waals surface area contributed by atoms with Crippen LogP contribution in [0.3, 0.4) is 0 Å². The first-order valence-corrected chi connectivity index (χ1v) is 12.4. The Kier molecular flexibility index (Phi) is 8.25. The molecule has 1 aromatic rings. The van der Waals surface area contributed by atoms with Crippen LogP contribution in [0.5, 0.6) is 0 Å². The van der Waals surface area contributed by atoms with Crippen LogP contribution < -0.4 is 10.6 Å². The Morgan fingerprint density at radius 3 is 2.39 bits per heavy atom. The van der Waals surface area contributed by atoms with E-state index in [0.717, 1.165) is 31.7 Å². The largest absolute Gasteiger partial charge is 0.340 e. The summed E-state index contributed by atoms with van der Waals surface area (Å²) < 4.78 is 40.4.